The number of aliphatic hydroxyl groups is 1. The van der Waals surface area contributed by atoms with Gasteiger partial charge in [0, 0.05) is 18.6 Å². The second kappa shape index (κ2) is 4.34. The Morgan fingerprint density at radius 1 is 1.22 bits per heavy atom. The van der Waals surface area contributed by atoms with Crippen molar-refractivity contribution in [2.75, 3.05) is 19.8 Å². The van der Waals surface area contributed by atoms with Gasteiger partial charge < -0.3 is 15.6 Å². The predicted molar refractivity (Wildman–Crippen MR) is 70.3 cm³/mol. The van der Waals surface area contributed by atoms with Crippen LogP contribution in [0.5, 0.6) is 0 Å². The lowest BCUT2D eigenvalue weighted by molar-refractivity contribution is -0.156. The third kappa shape index (κ3) is 1.69. The summed E-state index contributed by atoms with van der Waals surface area (Å²) in [6.07, 6.45) is 3.48. The predicted octanol–water partition coefficient (Wildman–Crippen LogP) is 1.27. The average Bonchev–Trinajstić information content (AvgIpc) is 2.80. The van der Waals surface area contributed by atoms with Crippen molar-refractivity contribution in [1.82, 2.24) is 0 Å². The summed E-state index contributed by atoms with van der Waals surface area (Å²) in [6, 6.07) is 8.43. The average molecular weight is 247 g/mol. The van der Waals surface area contributed by atoms with Crippen molar-refractivity contribution in [3.63, 3.8) is 0 Å². The summed E-state index contributed by atoms with van der Waals surface area (Å²) in [5.74, 6) is 0. The number of nitrogens with two attached hydrogens (primary N) is 1. The molecule has 1 atom stereocenters. The molecule has 3 rings (SSSR count). The monoisotopic (exact) mass is 247 g/mol. The Morgan fingerprint density at radius 3 is 2.39 bits per heavy atom. The van der Waals surface area contributed by atoms with E-state index in [0.717, 1.165) is 32.3 Å². The fourth-order valence-corrected chi connectivity index (χ4v) is 3.56. The van der Waals surface area contributed by atoms with E-state index in [9.17, 15) is 5.11 Å². The van der Waals surface area contributed by atoms with Crippen molar-refractivity contribution in [3.05, 3.63) is 35.4 Å². The molecular formula is C15H21NO2. The zero-order valence-corrected chi connectivity index (χ0v) is 10.7. The summed E-state index contributed by atoms with van der Waals surface area (Å²) < 4.78 is 5.52. The molecule has 0 saturated carbocycles. The molecule has 1 aromatic carbocycles. The molecule has 1 aliphatic heterocycles. The Hall–Kier alpha value is -0.900. The van der Waals surface area contributed by atoms with Gasteiger partial charge in [-0.05, 0) is 36.8 Å². The molecule has 0 radical (unpaired) electrons. The molecule has 0 bridgehead atoms. The van der Waals surface area contributed by atoms with Gasteiger partial charge in [0.05, 0.1) is 12.2 Å². The van der Waals surface area contributed by atoms with E-state index >= 15 is 0 Å². The van der Waals surface area contributed by atoms with Gasteiger partial charge in [0.1, 0.15) is 0 Å². The van der Waals surface area contributed by atoms with Crippen LogP contribution in [-0.2, 0) is 17.6 Å². The second-order valence-corrected chi connectivity index (χ2v) is 5.79. The molecule has 0 amide bonds. The van der Waals surface area contributed by atoms with E-state index in [1.807, 2.05) is 0 Å². The first-order chi connectivity index (χ1) is 8.69. The number of fused-ring (bicyclic) bond motifs is 1. The minimum Gasteiger partial charge on any atom is -0.387 e. The highest BCUT2D eigenvalue weighted by molar-refractivity contribution is 5.36. The van der Waals surface area contributed by atoms with Gasteiger partial charge in [-0.1, -0.05) is 24.3 Å². The van der Waals surface area contributed by atoms with Crippen LogP contribution >= 0.6 is 0 Å². The van der Waals surface area contributed by atoms with E-state index in [1.165, 1.54) is 11.1 Å². The van der Waals surface area contributed by atoms with Crippen molar-refractivity contribution in [3.8, 4) is 0 Å². The fraction of sp³-hybridized carbons (Fsp3) is 0.600. The fourth-order valence-electron chi connectivity index (χ4n) is 3.56. The minimum absolute atomic E-state index is 0.239. The highest BCUT2D eigenvalue weighted by Gasteiger charge is 2.53. The summed E-state index contributed by atoms with van der Waals surface area (Å²) in [4.78, 5) is 0. The number of benzene rings is 1. The third-order valence-corrected chi connectivity index (χ3v) is 4.77. The standard InChI is InChI=1S/C15H21NO2/c16-10-14(15(17)6-3-7-18-11-15)8-12-4-1-2-5-13(12)9-14/h1-2,4-5,17H,3,6-11,16H2. The van der Waals surface area contributed by atoms with Gasteiger partial charge in [-0.2, -0.15) is 0 Å². The molecule has 0 aromatic heterocycles. The largest absolute Gasteiger partial charge is 0.387 e. The first kappa shape index (κ1) is 12.2. The first-order valence-electron chi connectivity index (χ1n) is 6.76. The van der Waals surface area contributed by atoms with Crippen molar-refractivity contribution in [2.24, 2.45) is 11.1 Å². The van der Waals surface area contributed by atoms with Gasteiger partial charge in [0.15, 0.2) is 0 Å². The van der Waals surface area contributed by atoms with Crippen molar-refractivity contribution >= 4 is 0 Å². The normalized spacial score (nSPS) is 30.1. The van der Waals surface area contributed by atoms with Gasteiger partial charge in [-0.3, -0.25) is 0 Å². The molecule has 3 nitrogen and oxygen atoms in total. The maximum Gasteiger partial charge on any atom is 0.0955 e. The lowest BCUT2D eigenvalue weighted by Gasteiger charge is -2.46. The summed E-state index contributed by atoms with van der Waals surface area (Å²) in [7, 11) is 0. The summed E-state index contributed by atoms with van der Waals surface area (Å²) in [5, 5.41) is 11.0. The highest BCUT2D eigenvalue weighted by atomic mass is 16.5. The molecule has 3 heteroatoms. The third-order valence-electron chi connectivity index (χ3n) is 4.77. The lowest BCUT2D eigenvalue weighted by atomic mass is 9.67. The van der Waals surface area contributed by atoms with Gasteiger partial charge in [0.25, 0.3) is 0 Å². The van der Waals surface area contributed by atoms with Crippen molar-refractivity contribution in [2.45, 2.75) is 31.3 Å². The molecule has 2 aliphatic rings. The zero-order chi connectivity index (χ0) is 12.6. The van der Waals surface area contributed by atoms with Crippen LogP contribution in [0.3, 0.4) is 0 Å². The van der Waals surface area contributed by atoms with Crippen LogP contribution < -0.4 is 5.73 Å². The van der Waals surface area contributed by atoms with Crippen LogP contribution in [0.15, 0.2) is 24.3 Å². The van der Waals surface area contributed by atoms with E-state index in [2.05, 4.69) is 24.3 Å². The van der Waals surface area contributed by atoms with Crippen LogP contribution in [-0.4, -0.2) is 30.5 Å². The molecule has 18 heavy (non-hydrogen) atoms. The molecule has 1 saturated heterocycles. The van der Waals surface area contributed by atoms with E-state index in [-0.39, 0.29) is 5.41 Å². The highest BCUT2D eigenvalue weighted by Crippen LogP contribution is 2.47. The van der Waals surface area contributed by atoms with Gasteiger partial charge >= 0.3 is 0 Å². The molecule has 0 spiro atoms. The minimum atomic E-state index is -0.765. The molecule has 1 aromatic rings. The van der Waals surface area contributed by atoms with Gasteiger partial charge in [-0.15, -0.1) is 0 Å². The van der Waals surface area contributed by atoms with Crippen LogP contribution in [0.25, 0.3) is 0 Å². The Balaban J connectivity index is 1.94. The number of ether oxygens (including phenoxy) is 1. The Labute approximate surface area is 108 Å². The quantitative estimate of drug-likeness (QED) is 0.827. The molecule has 1 aliphatic carbocycles. The van der Waals surface area contributed by atoms with E-state index in [1.54, 1.807) is 0 Å². The lowest BCUT2D eigenvalue weighted by Crippen LogP contribution is -2.57. The van der Waals surface area contributed by atoms with E-state index in [0.29, 0.717) is 13.2 Å². The van der Waals surface area contributed by atoms with Gasteiger partial charge in [0.2, 0.25) is 0 Å². The van der Waals surface area contributed by atoms with E-state index < -0.39 is 5.60 Å². The smallest absolute Gasteiger partial charge is 0.0955 e. The molecular weight excluding hydrogens is 226 g/mol. The molecule has 1 fully saturated rings. The number of hydrogen-bond donors (Lipinski definition) is 2. The zero-order valence-electron chi connectivity index (χ0n) is 10.7. The van der Waals surface area contributed by atoms with Crippen LogP contribution in [0.2, 0.25) is 0 Å². The second-order valence-electron chi connectivity index (χ2n) is 5.79. The Kier molecular flexibility index (Phi) is 2.93. The van der Waals surface area contributed by atoms with Crippen LogP contribution in [0.4, 0.5) is 0 Å². The number of rotatable bonds is 2. The van der Waals surface area contributed by atoms with Crippen molar-refractivity contribution in [1.29, 1.82) is 0 Å². The molecule has 98 valence electrons. The SMILES string of the molecule is NCC1(C2(O)CCCOC2)Cc2ccccc2C1. The van der Waals surface area contributed by atoms with Crippen LogP contribution in [0.1, 0.15) is 24.0 Å². The Bertz CT molecular complexity index is 413. The topological polar surface area (TPSA) is 55.5 Å². The summed E-state index contributed by atoms with van der Waals surface area (Å²) in [5.41, 5.74) is 7.72. The maximum atomic E-state index is 11.0. The summed E-state index contributed by atoms with van der Waals surface area (Å²) >= 11 is 0. The molecule has 1 heterocycles. The Morgan fingerprint density at radius 2 is 1.89 bits per heavy atom. The molecule has 1 unspecified atom stereocenters. The number of hydrogen-bond acceptors (Lipinski definition) is 3. The van der Waals surface area contributed by atoms with E-state index in [4.69, 9.17) is 10.5 Å². The summed E-state index contributed by atoms with van der Waals surface area (Å²) in [6.45, 7) is 1.70. The maximum absolute atomic E-state index is 11.0. The van der Waals surface area contributed by atoms with Gasteiger partial charge in [-0.25, -0.2) is 0 Å². The van der Waals surface area contributed by atoms with Crippen LogP contribution in [0, 0.1) is 5.41 Å². The first-order valence-corrected chi connectivity index (χ1v) is 6.76. The molecule has 3 N–H and O–H groups in total. The van der Waals surface area contributed by atoms with Crippen molar-refractivity contribution < 1.29 is 9.84 Å².